The second-order valence-corrected chi connectivity index (χ2v) is 7.72. The predicted molar refractivity (Wildman–Crippen MR) is 140 cm³/mol. The number of aliphatic imine (C=N–C) groups is 1. The first-order valence-corrected chi connectivity index (χ1v) is 11.0. The molecule has 1 aromatic heterocycles. The highest BCUT2D eigenvalue weighted by Gasteiger charge is 2.28. The van der Waals surface area contributed by atoms with Gasteiger partial charge in [0.25, 0.3) is 0 Å². The Bertz CT molecular complexity index is 805. The minimum atomic E-state index is 0. The van der Waals surface area contributed by atoms with Crippen molar-refractivity contribution in [2.75, 3.05) is 44.8 Å². The lowest BCUT2D eigenvalue weighted by atomic mass is 9.76. The second-order valence-electron chi connectivity index (χ2n) is 7.72. The van der Waals surface area contributed by atoms with Crippen LogP contribution in [0.15, 0.2) is 53.7 Å². The summed E-state index contributed by atoms with van der Waals surface area (Å²) in [5.41, 5.74) is 2.63. The molecule has 0 radical (unpaired) electrons. The molecule has 1 aliphatic rings. The standard InChI is InChI=1S/C24H35N5O.HI/c1-4-24(5-2,21-11-7-6-8-12-21)19-28-23(25-3)27-18-20-10-9-13-26-22(20)29-14-16-30-17-15-29;/h6-13H,4-5,14-19H2,1-3H3,(H2,25,27,28);1H. The molecule has 0 saturated carbocycles. The smallest absolute Gasteiger partial charge is 0.191 e. The average Bonchev–Trinajstić information content (AvgIpc) is 2.83. The van der Waals surface area contributed by atoms with Crippen LogP contribution in [-0.4, -0.2) is 50.8 Å². The first kappa shape index (κ1) is 25.4. The zero-order valence-electron chi connectivity index (χ0n) is 18.9. The maximum atomic E-state index is 5.48. The van der Waals surface area contributed by atoms with Gasteiger partial charge in [0.2, 0.25) is 0 Å². The van der Waals surface area contributed by atoms with Gasteiger partial charge in [0, 0.05) is 50.4 Å². The molecule has 170 valence electrons. The summed E-state index contributed by atoms with van der Waals surface area (Å²) in [5, 5.41) is 7.04. The Morgan fingerprint density at radius 3 is 2.42 bits per heavy atom. The zero-order chi connectivity index (χ0) is 21.2. The van der Waals surface area contributed by atoms with Crippen molar-refractivity contribution < 1.29 is 4.74 Å². The second kappa shape index (κ2) is 12.9. The monoisotopic (exact) mass is 537 g/mol. The summed E-state index contributed by atoms with van der Waals surface area (Å²) in [7, 11) is 1.82. The predicted octanol–water partition coefficient (Wildman–Crippen LogP) is 3.96. The van der Waals surface area contributed by atoms with Crippen molar-refractivity contribution >= 4 is 35.8 Å². The van der Waals surface area contributed by atoms with Crippen LogP contribution in [0.4, 0.5) is 5.82 Å². The summed E-state index contributed by atoms with van der Waals surface area (Å²) >= 11 is 0. The summed E-state index contributed by atoms with van der Waals surface area (Å²) in [6.45, 7) is 9.30. The van der Waals surface area contributed by atoms with Gasteiger partial charge in [-0.15, -0.1) is 24.0 Å². The summed E-state index contributed by atoms with van der Waals surface area (Å²) in [6.07, 6.45) is 4.00. The third-order valence-corrected chi connectivity index (χ3v) is 6.18. The van der Waals surface area contributed by atoms with Gasteiger partial charge in [-0.2, -0.15) is 0 Å². The number of pyridine rings is 1. The molecule has 0 spiro atoms. The Morgan fingerprint density at radius 2 is 1.77 bits per heavy atom. The van der Waals surface area contributed by atoms with E-state index in [-0.39, 0.29) is 29.4 Å². The molecule has 1 aromatic carbocycles. The molecule has 7 heteroatoms. The van der Waals surface area contributed by atoms with Gasteiger partial charge in [-0.3, -0.25) is 4.99 Å². The van der Waals surface area contributed by atoms with Crippen LogP contribution in [-0.2, 0) is 16.7 Å². The third-order valence-electron chi connectivity index (χ3n) is 6.18. The van der Waals surface area contributed by atoms with E-state index in [9.17, 15) is 0 Å². The zero-order valence-corrected chi connectivity index (χ0v) is 21.3. The number of guanidine groups is 1. The molecular weight excluding hydrogens is 501 g/mol. The van der Waals surface area contributed by atoms with Crippen LogP contribution in [0.1, 0.15) is 37.8 Å². The Hall–Kier alpha value is -1.87. The molecule has 3 rings (SSSR count). The quantitative estimate of drug-likeness (QED) is 0.304. The van der Waals surface area contributed by atoms with Crippen molar-refractivity contribution in [2.24, 2.45) is 4.99 Å². The highest BCUT2D eigenvalue weighted by molar-refractivity contribution is 14.0. The van der Waals surface area contributed by atoms with Crippen molar-refractivity contribution in [1.82, 2.24) is 15.6 Å². The molecule has 0 atom stereocenters. The fraction of sp³-hybridized carbons (Fsp3) is 0.500. The van der Waals surface area contributed by atoms with Crippen LogP contribution in [0.2, 0.25) is 0 Å². The van der Waals surface area contributed by atoms with Crippen molar-refractivity contribution in [3.8, 4) is 0 Å². The summed E-state index contributed by atoms with van der Waals surface area (Å²) in [5.74, 6) is 1.85. The number of aromatic nitrogens is 1. The van der Waals surface area contributed by atoms with E-state index in [2.05, 4.69) is 75.8 Å². The van der Waals surface area contributed by atoms with E-state index >= 15 is 0 Å². The molecule has 0 unspecified atom stereocenters. The number of morpholine rings is 1. The van der Waals surface area contributed by atoms with Gasteiger partial charge in [-0.05, 0) is 24.5 Å². The third kappa shape index (κ3) is 6.55. The summed E-state index contributed by atoms with van der Waals surface area (Å²) in [6, 6.07) is 14.9. The largest absolute Gasteiger partial charge is 0.378 e. The van der Waals surface area contributed by atoms with E-state index < -0.39 is 0 Å². The Labute approximate surface area is 203 Å². The Balaban J connectivity index is 0.00000341. The highest BCUT2D eigenvalue weighted by Crippen LogP contribution is 2.30. The van der Waals surface area contributed by atoms with Crippen molar-refractivity contribution in [3.63, 3.8) is 0 Å². The van der Waals surface area contributed by atoms with Gasteiger partial charge in [-0.25, -0.2) is 4.98 Å². The number of hydrogen-bond donors (Lipinski definition) is 2. The maximum absolute atomic E-state index is 5.48. The summed E-state index contributed by atoms with van der Waals surface area (Å²) < 4.78 is 5.48. The number of ether oxygens (including phenoxy) is 1. The fourth-order valence-electron chi connectivity index (χ4n) is 4.08. The van der Waals surface area contributed by atoms with Crippen LogP contribution in [0.5, 0.6) is 0 Å². The number of nitrogens with one attached hydrogen (secondary N) is 2. The minimum Gasteiger partial charge on any atom is -0.378 e. The number of hydrogen-bond acceptors (Lipinski definition) is 4. The van der Waals surface area contributed by atoms with Crippen LogP contribution in [0, 0.1) is 0 Å². The molecule has 2 heterocycles. The number of rotatable bonds is 8. The van der Waals surface area contributed by atoms with Gasteiger partial charge < -0.3 is 20.3 Å². The van der Waals surface area contributed by atoms with E-state index in [1.165, 1.54) is 11.1 Å². The van der Waals surface area contributed by atoms with Crippen LogP contribution >= 0.6 is 24.0 Å². The number of halogens is 1. The summed E-state index contributed by atoms with van der Waals surface area (Å²) in [4.78, 5) is 11.4. The lowest BCUT2D eigenvalue weighted by molar-refractivity contribution is 0.122. The minimum absolute atomic E-state index is 0. The first-order valence-electron chi connectivity index (χ1n) is 11.0. The molecule has 0 bridgehead atoms. The van der Waals surface area contributed by atoms with E-state index in [0.717, 1.165) is 57.5 Å². The molecule has 1 fully saturated rings. The number of anilines is 1. The molecule has 0 aliphatic carbocycles. The van der Waals surface area contributed by atoms with E-state index in [1.54, 1.807) is 0 Å². The molecular formula is C24H36IN5O. The highest BCUT2D eigenvalue weighted by atomic mass is 127. The number of benzene rings is 1. The lowest BCUT2D eigenvalue weighted by Gasteiger charge is -2.33. The molecule has 2 N–H and O–H groups in total. The van der Waals surface area contributed by atoms with Crippen molar-refractivity contribution in [1.29, 1.82) is 0 Å². The van der Waals surface area contributed by atoms with E-state index in [1.807, 2.05) is 19.3 Å². The van der Waals surface area contributed by atoms with Crippen LogP contribution < -0.4 is 15.5 Å². The lowest BCUT2D eigenvalue weighted by Crippen LogP contribution is -2.45. The van der Waals surface area contributed by atoms with Crippen LogP contribution in [0.3, 0.4) is 0 Å². The molecule has 0 amide bonds. The molecule has 31 heavy (non-hydrogen) atoms. The SMILES string of the molecule is CCC(CC)(CNC(=NC)NCc1cccnc1N1CCOCC1)c1ccccc1.I. The van der Waals surface area contributed by atoms with Gasteiger partial charge in [0.05, 0.1) is 13.2 Å². The molecule has 6 nitrogen and oxygen atoms in total. The molecule has 2 aromatic rings. The van der Waals surface area contributed by atoms with Gasteiger partial charge in [0.1, 0.15) is 5.82 Å². The molecule has 1 saturated heterocycles. The van der Waals surface area contributed by atoms with Gasteiger partial charge in [0.15, 0.2) is 5.96 Å². The van der Waals surface area contributed by atoms with Crippen molar-refractivity contribution in [3.05, 3.63) is 59.8 Å². The number of nitrogens with zero attached hydrogens (tertiary/aromatic N) is 3. The van der Waals surface area contributed by atoms with Crippen molar-refractivity contribution in [2.45, 2.75) is 38.6 Å². The fourth-order valence-corrected chi connectivity index (χ4v) is 4.08. The average molecular weight is 537 g/mol. The van der Waals surface area contributed by atoms with E-state index in [0.29, 0.717) is 6.54 Å². The topological polar surface area (TPSA) is 61.8 Å². The van der Waals surface area contributed by atoms with Gasteiger partial charge >= 0.3 is 0 Å². The molecule has 1 aliphatic heterocycles. The Kier molecular flexibility index (Phi) is 10.5. The Morgan fingerprint density at radius 1 is 1.06 bits per heavy atom. The normalized spacial score (nSPS) is 14.7. The first-order chi connectivity index (χ1) is 14.7. The van der Waals surface area contributed by atoms with Gasteiger partial charge in [-0.1, -0.05) is 50.2 Å². The van der Waals surface area contributed by atoms with Crippen LogP contribution in [0.25, 0.3) is 0 Å². The van der Waals surface area contributed by atoms with E-state index in [4.69, 9.17) is 4.74 Å². The maximum Gasteiger partial charge on any atom is 0.191 e.